The molecule has 0 saturated carbocycles. The topological polar surface area (TPSA) is 30.9 Å². The molecular formula is C45H47N5Pt-2. The second-order valence-corrected chi connectivity index (χ2v) is 17.6. The molecule has 0 saturated heterocycles. The molecule has 7 rings (SSSR count). The molecule has 0 aliphatic heterocycles. The van der Waals surface area contributed by atoms with Crippen molar-refractivity contribution in [2.24, 2.45) is 7.05 Å². The van der Waals surface area contributed by atoms with Crippen molar-refractivity contribution in [3.8, 4) is 11.5 Å². The van der Waals surface area contributed by atoms with Crippen molar-refractivity contribution in [3.05, 3.63) is 136 Å². The summed E-state index contributed by atoms with van der Waals surface area (Å²) in [5.74, 6) is 0.870. The molecule has 7 aromatic rings. The van der Waals surface area contributed by atoms with Crippen molar-refractivity contribution in [2.45, 2.75) is 78.6 Å². The number of rotatable bonds is 5. The summed E-state index contributed by atoms with van der Waals surface area (Å²) < 4.78 is 7.67. The fourth-order valence-electron chi connectivity index (χ4n) is 6.96. The summed E-state index contributed by atoms with van der Waals surface area (Å²) in [6.45, 7) is 20.6. The van der Waals surface area contributed by atoms with Crippen molar-refractivity contribution in [2.75, 3.05) is 4.90 Å². The van der Waals surface area contributed by atoms with Crippen LogP contribution in [0, 0.1) is 15.9 Å². The first-order valence-electron chi connectivity index (χ1n) is 17.6. The van der Waals surface area contributed by atoms with Crippen LogP contribution >= 0.6 is 0 Å². The Morgan fingerprint density at radius 3 is 1.96 bits per heavy atom. The number of aryl methyl sites for hydroxylation is 1. The van der Waals surface area contributed by atoms with E-state index in [9.17, 15) is 0 Å². The van der Waals surface area contributed by atoms with E-state index in [1.165, 1.54) is 27.8 Å². The van der Waals surface area contributed by atoms with E-state index in [0.717, 1.165) is 43.1 Å². The molecule has 6 heteroatoms. The molecule has 0 aliphatic carbocycles. The van der Waals surface area contributed by atoms with Crippen LogP contribution in [-0.4, -0.2) is 18.7 Å². The SMILES string of the molecule is Cn1ccn(-c2[c-]c(N(c3[c-]c4c(cc3)c3cc(C(C)(C)C)ccc3n4-c3ccccn3)c3c(C(C)(C)C)cccc3C(C)(C)C)ccc2)[c]1=[Pt]. The Morgan fingerprint density at radius 2 is 1.35 bits per heavy atom. The summed E-state index contributed by atoms with van der Waals surface area (Å²) in [6, 6.07) is 38.5. The molecule has 51 heavy (non-hydrogen) atoms. The van der Waals surface area contributed by atoms with E-state index in [2.05, 4.69) is 211 Å². The summed E-state index contributed by atoms with van der Waals surface area (Å²) in [5.41, 5.74) is 9.75. The minimum absolute atomic E-state index is 0.0174. The van der Waals surface area contributed by atoms with Crippen LogP contribution in [0.3, 0.4) is 0 Å². The molecule has 0 atom stereocenters. The molecule has 264 valence electrons. The Labute approximate surface area is 313 Å². The Kier molecular flexibility index (Phi) is 8.66. The molecule has 5 nitrogen and oxygen atoms in total. The number of hydrogen-bond acceptors (Lipinski definition) is 2. The van der Waals surface area contributed by atoms with Crippen molar-refractivity contribution in [1.29, 1.82) is 0 Å². The summed E-state index contributed by atoms with van der Waals surface area (Å²) in [4.78, 5) is 7.24. The standard InChI is InChI=1S/C45H47N5.Pt/c1-43(2,3)31-20-23-39-36(27-31)35-22-21-34(29-40(35)50(39)41-19-11-12-24-46-41)49(33-16-13-15-32(28-33)48-26-25-47(10)30-48)42-37(44(4,5)6)17-14-18-38(42)45(7,8)9;/h11-27H,1-10H3;/q-2;. The Bertz CT molecular complexity index is 2430. The van der Waals surface area contributed by atoms with Gasteiger partial charge in [-0.1, -0.05) is 32.9 Å². The number of benzene rings is 4. The number of pyridine rings is 1. The third-order valence-corrected chi connectivity index (χ3v) is 11.0. The van der Waals surface area contributed by atoms with E-state index in [-0.39, 0.29) is 16.2 Å². The van der Waals surface area contributed by atoms with E-state index in [4.69, 9.17) is 4.98 Å². The van der Waals surface area contributed by atoms with Gasteiger partial charge in [0, 0.05) is 6.20 Å². The number of nitrogens with zero attached hydrogens (tertiary/aromatic N) is 5. The van der Waals surface area contributed by atoms with Crippen LogP contribution in [-0.2, 0) is 42.6 Å². The van der Waals surface area contributed by atoms with Gasteiger partial charge in [-0.25, -0.2) is 0 Å². The third-order valence-electron chi connectivity index (χ3n) is 9.68. The maximum absolute atomic E-state index is 4.85. The molecule has 0 aliphatic rings. The molecule has 0 amide bonds. The van der Waals surface area contributed by atoms with E-state index in [1.54, 1.807) is 0 Å². The molecule has 0 fully saturated rings. The van der Waals surface area contributed by atoms with Gasteiger partial charge in [-0.05, 0) is 17.0 Å². The number of anilines is 3. The zero-order valence-electron chi connectivity index (χ0n) is 31.4. The van der Waals surface area contributed by atoms with Gasteiger partial charge in [0.15, 0.2) is 0 Å². The molecule has 0 spiro atoms. The van der Waals surface area contributed by atoms with Crippen molar-refractivity contribution < 1.29 is 19.4 Å². The maximum atomic E-state index is 4.85. The van der Waals surface area contributed by atoms with Gasteiger partial charge < -0.3 is 0 Å². The number of fused-ring (bicyclic) bond motifs is 3. The fourth-order valence-corrected chi connectivity index (χ4v) is 7.57. The fraction of sp³-hybridized carbons (Fsp3) is 0.289. The van der Waals surface area contributed by atoms with Crippen LogP contribution < -0.4 is 4.90 Å². The summed E-state index contributed by atoms with van der Waals surface area (Å²) >= 11 is 2.38. The van der Waals surface area contributed by atoms with Gasteiger partial charge in [-0.3, -0.25) is 0 Å². The van der Waals surface area contributed by atoms with Crippen molar-refractivity contribution in [3.63, 3.8) is 0 Å². The number of hydrogen-bond donors (Lipinski definition) is 0. The van der Waals surface area contributed by atoms with Crippen LogP contribution in [0.1, 0.15) is 79.0 Å². The van der Waals surface area contributed by atoms with E-state index in [1.807, 2.05) is 12.3 Å². The molecule has 4 aromatic carbocycles. The number of imidazole rings is 1. The zero-order valence-corrected chi connectivity index (χ0v) is 33.6. The van der Waals surface area contributed by atoms with Gasteiger partial charge in [0.2, 0.25) is 0 Å². The predicted octanol–water partition coefficient (Wildman–Crippen LogP) is 11.3. The average molecular weight is 853 g/mol. The molecule has 0 radical (unpaired) electrons. The van der Waals surface area contributed by atoms with Crippen LogP contribution in [0.25, 0.3) is 33.3 Å². The number of aromatic nitrogens is 4. The van der Waals surface area contributed by atoms with Crippen LogP contribution in [0.15, 0.2) is 104 Å². The molecule has 0 N–H and O–H groups in total. The van der Waals surface area contributed by atoms with E-state index >= 15 is 0 Å². The normalized spacial score (nSPS) is 12.6. The van der Waals surface area contributed by atoms with Gasteiger partial charge in [0.25, 0.3) is 0 Å². The molecular weight excluding hydrogens is 806 g/mol. The van der Waals surface area contributed by atoms with Crippen molar-refractivity contribution in [1.82, 2.24) is 18.7 Å². The summed E-state index contributed by atoms with van der Waals surface area (Å²) in [7, 11) is 2.07. The molecule has 3 aromatic heterocycles. The Balaban J connectivity index is 1.59. The second-order valence-electron chi connectivity index (χ2n) is 16.6. The zero-order chi connectivity index (χ0) is 36.5. The Hall–Kier alpha value is -4.47. The van der Waals surface area contributed by atoms with Crippen LogP contribution in [0.5, 0.6) is 0 Å². The van der Waals surface area contributed by atoms with Gasteiger partial charge in [-0.15, -0.1) is 0 Å². The molecule has 3 heterocycles. The van der Waals surface area contributed by atoms with Gasteiger partial charge in [0.1, 0.15) is 0 Å². The summed E-state index contributed by atoms with van der Waals surface area (Å²) in [5, 5.41) is 2.35. The van der Waals surface area contributed by atoms with E-state index < -0.39 is 0 Å². The minimum atomic E-state index is -0.133. The first-order chi connectivity index (χ1) is 24.0. The number of para-hydroxylation sites is 1. The average Bonchev–Trinajstić information content (AvgIpc) is 3.59. The van der Waals surface area contributed by atoms with Gasteiger partial charge >= 0.3 is 259 Å². The monoisotopic (exact) mass is 852 g/mol. The predicted molar refractivity (Wildman–Crippen MR) is 209 cm³/mol. The van der Waals surface area contributed by atoms with Crippen LogP contribution in [0.4, 0.5) is 17.1 Å². The third kappa shape index (κ3) is 6.35. The Morgan fingerprint density at radius 1 is 0.667 bits per heavy atom. The second kappa shape index (κ2) is 12.6. The summed E-state index contributed by atoms with van der Waals surface area (Å²) in [6.07, 6.45) is 6.04. The molecule has 0 unspecified atom stereocenters. The molecule has 0 bridgehead atoms. The van der Waals surface area contributed by atoms with Gasteiger partial charge in [-0.2, -0.15) is 0 Å². The first-order valence-corrected chi connectivity index (χ1v) is 18.8. The van der Waals surface area contributed by atoms with E-state index in [0.29, 0.717) is 0 Å². The quantitative estimate of drug-likeness (QED) is 0.162. The van der Waals surface area contributed by atoms with Gasteiger partial charge in [0.05, 0.1) is 0 Å². The van der Waals surface area contributed by atoms with Crippen molar-refractivity contribution >= 4 is 38.9 Å². The first kappa shape index (κ1) is 35.0. The van der Waals surface area contributed by atoms with Crippen LogP contribution in [0.2, 0.25) is 0 Å².